The molecule has 4 heteroatoms. The van der Waals surface area contributed by atoms with Gasteiger partial charge in [-0.2, -0.15) is 17.0 Å². The molecule has 0 N–H and O–H groups in total. The van der Waals surface area contributed by atoms with Gasteiger partial charge in [0.05, 0.1) is 0 Å². The van der Waals surface area contributed by atoms with E-state index in [1.165, 1.54) is 0 Å². The Hall–Kier alpha value is -1.05. The molecule has 0 atom stereocenters. The second kappa shape index (κ2) is 5.88. The third-order valence-electron chi connectivity index (χ3n) is 2.64. The molecule has 0 unspecified atom stereocenters. The normalized spacial score (nSPS) is 16.9. The Morgan fingerprint density at radius 1 is 1.50 bits per heavy atom. The van der Waals surface area contributed by atoms with Crippen LogP contribution in [0.4, 0.5) is 0 Å². The van der Waals surface area contributed by atoms with Gasteiger partial charge in [-0.15, -0.1) is 0 Å². The van der Waals surface area contributed by atoms with Gasteiger partial charge in [0.2, 0.25) is 0 Å². The molecule has 0 aliphatic carbocycles. The smallest absolute Gasteiger partial charge is 0.144 e. The minimum absolute atomic E-state index is 0.557. The Balaban J connectivity index is 1.91. The van der Waals surface area contributed by atoms with Gasteiger partial charge in [-0.1, -0.05) is 6.07 Å². The van der Waals surface area contributed by atoms with Gasteiger partial charge >= 0.3 is 0 Å². The van der Waals surface area contributed by atoms with Crippen LogP contribution in [0, 0.1) is 11.3 Å². The number of hydrogen-bond acceptors (Lipinski definition) is 4. The average Bonchev–Trinajstić information content (AvgIpc) is 2.38. The van der Waals surface area contributed by atoms with Crippen LogP contribution in [-0.4, -0.2) is 23.4 Å². The van der Waals surface area contributed by atoms with Crippen molar-refractivity contribution in [3.05, 3.63) is 29.6 Å². The second-order valence-electron chi connectivity index (χ2n) is 3.75. The Labute approximate surface area is 99.8 Å². The highest BCUT2D eigenvalue weighted by atomic mass is 32.2. The minimum atomic E-state index is 0.557. The van der Waals surface area contributed by atoms with E-state index in [0.717, 1.165) is 37.4 Å². The molecule has 0 aromatic carbocycles. The van der Waals surface area contributed by atoms with E-state index in [9.17, 15) is 0 Å². The number of rotatable bonds is 3. The van der Waals surface area contributed by atoms with Crippen LogP contribution in [0.15, 0.2) is 18.3 Å². The van der Waals surface area contributed by atoms with E-state index in [-0.39, 0.29) is 0 Å². The molecule has 1 saturated heterocycles. The monoisotopic (exact) mass is 234 g/mol. The van der Waals surface area contributed by atoms with Gasteiger partial charge in [0, 0.05) is 30.4 Å². The van der Waals surface area contributed by atoms with Gasteiger partial charge in [-0.3, -0.25) is 0 Å². The number of aromatic nitrogens is 1. The zero-order chi connectivity index (χ0) is 11.2. The molecule has 84 valence electrons. The summed E-state index contributed by atoms with van der Waals surface area (Å²) >= 11 is 1.91. The van der Waals surface area contributed by atoms with E-state index in [1.54, 1.807) is 6.20 Å². The summed E-state index contributed by atoms with van der Waals surface area (Å²) in [5.41, 5.74) is 1.60. The van der Waals surface area contributed by atoms with E-state index in [0.29, 0.717) is 10.9 Å². The highest BCUT2D eigenvalue weighted by molar-refractivity contribution is 7.99. The molecular formula is C12H14N2OS. The van der Waals surface area contributed by atoms with Crippen molar-refractivity contribution < 1.29 is 4.74 Å². The number of nitriles is 1. The molecule has 0 radical (unpaired) electrons. The predicted octanol–water partition coefficient (Wildman–Crippen LogP) is 2.37. The molecule has 0 saturated carbocycles. The van der Waals surface area contributed by atoms with Crippen molar-refractivity contribution in [3.63, 3.8) is 0 Å². The quantitative estimate of drug-likeness (QED) is 0.805. The first-order valence-electron chi connectivity index (χ1n) is 5.43. The minimum Gasteiger partial charge on any atom is -0.381 e. The molecule has 0 bridgehead atoms. The zero-order valence-corrected chi connectivity index (χ0v) is 9.87. The molecule has 1 fully saturated rings. The average molecular weight is 234 g/mol. The summed E-state index contributed by atoms with van der Waals surface area (Å²) < 4.78 is 5.32. The van der Waals surface area contributed by atoms with Crippen molar-refractivity contribution in [2.45, 2.75) is 23.8 Å². The number of pyridine rings is 1. The van der Waals surface area contributed by atoms with Crippen LogP contribution in [0.3, 0.4) is 0 Å². The third kappa shape index (κ3) is 2.97. The van der Waals surface area contributed by atoms with Gasteiger partial charge in [-0.05, 0) is 24.5 Å². The van der Waals surface area contributed by atoms with Crippen molar-refractivity contribution >= 4 is 11.8 Å². The molecule has 1 aliphatic rings. The van der Waals surface area contributed by atoms with Crippen LogP contribution in [0.2, 0.25) is 0 Å². The Morgan fingerprint density at radius 3 is 3.06 bits per heavy atom. The van der Waals surface area contributed by atoms with Gasteiger partial charge in [0.1, 0.15) is 11.8 Å². The molecule has 1 aromatic heterocycles. The maximum absolute atomic E-state index is 8.91. The largest absolute Gasteiger partial charge is 0.381 e. The van der Waals surface area contributed by atoms with E-state index < -0.39 is 0 Å². The number of nitrogens with zero attached hydrogens (tertiary/aromatic N) is 2. The first kappa shape index (κ1) is 11.4. The van der Waals surface area contributed by atoms with Crippen LogP contribution < -0.4 is 0 Å². The molecule has 2 heterocycles. The lowest BCUT2D eigenvalue weighted by atomic mass is 10.2. The van der Waals surface area contributed by atoms with E-state index in [1.807, 2.05) is 23.9 Å². The molecule has 3 nitrogen and oxygen atoms in total. The highest BCUT2D eigenvalue weighted by Crippen LogP contribution is 2.26. The second-order valence-corrected chi connectivity index (χ2v) is 5.03. The Morgan fingerprint density at radius 2 is 2.31 bits per heavy atom. The SMILES string of the molecule is N#Cc1ncccc1CSC1CCOCC1. The van der Waals surface area contributed by atoms with Crippen molar-refractivity contribution in [2.24, 2.45) is 0 Å². The fourth-order valence-corrected chi connectivity index (χ4v) is 2.88. The van der Waals surface area contributed by atoms with E-state index in [2.05, 4.69) is 11.1 Å². The maximum Gasteiger partial charge on any atom is 0.144 e. The van der Waals surface area contributed by atoms with Gasteiger partial charge in [0.15, 0.2) is 0 Å². The van der Waals surface area contributed by atoms with Crippen LogP contribution in [0.25, 0.3) is 0 Å². The highest BCUT2D eigenvalue weighted by Gasteiger charge is 2.14. The molecule has 1 aliphatic heterocycles. The van der Waals surface area contributed by atoms with Crippen molar-refractivity contribution in [3.8, 4) is 6.07 Å². The Bertz CT molecular complexity index is 383. The van der Waals surface area contributed by atoms with Gasteiger partial charge < -0.3 is 4.74 Å². The molecular weight excluding hydrogens is 220 g/mol. The lowest BCUT2D eigenvalue weighted by Crippen LogP contribution is -2.17. The van der Waals surface area contributed by atoms with Gasteiger partial charge in [-0.25, -0.2) is 4.98 Å². The summed E-state index contributed by atoms with van der Waals surface area (Å²) in [6.45, 7) is 1.74. The summed E-state index contributed by atoms with van der Waals surface area (Å²) in [5, 5.41) is 9.58. The standard InChI is InChI=1S/C12H14N2OS/c13-8-12-10(2-1-5-14-12)9-16-11-3-6-15-7-4-11/h1-2,5,11H,3-4,6-7,9H2. The molecule has 0 amide bonds. The summed E-state index contributed by atoms with van der Waals surface area (Å²) in [4.78, 5) is 4.06. The number of hydrogen-bond donors (Lipinski definition) is 0. The fourth-order valence-electron chi connectivity index (χ4n) is 1.71. The van der Waals surface area contributed by atoms with Crippen molar-refractivity contribution in [2.75, 3.05) is 13.2 Å². The van der Waals surface area contributed by atoms with Crippen LogP contribution in [-0.2, 0) is 10.5 Å². The molecule has 16 heavy (non-hydrogen) atoms. The lowest BCUT2D eigenvalue weighted by molar-refractivity contribution is 0.1000. The van der Waals surface area contributed by atoms with Crippen LogP contribution in [0.1, 0.15) is 24.1 Å². The zero-order valence-electron chi connectivity index (χ0n) is 9.06. The first-order valence-corrected chi connectivity index (χ1v) is 6.48. The van der Waals surface area contributed by atoms with Crippen LogP contribution in [0.5, 0.6) is 0 Å². The summed E-state index contributed by atoms with van der Waals surface area (Å²) in [6, 6.07) is 6.01. The third-order valence-corrected chi connectivity index (χ3v) is 4.06. The lowest BCUT2D eigenvalue weighted by Gasteiger charge is -2.21. The molecule has 0 spiro atoms. The van der Waals surface area contributed by atoms with Crippen molar-refractivity contribution in [1.29, 1.82) is 5.26 Å². The van der Waals surface area contributed by atoms with E-state index in [4.69, 9.17) is 10.00 Å². The molecule has 2 rings (SSSR count). The first-order chi connectivity index (χ1) is 7.90. The maximum atomic E-state index is 8.91. The van der Waals surface area contributed by atoms with Crippen molar-refractivity contribution in [1.82, 2.24) is 4.98 Å². The summed E-state index contributed by atoms with van der Waals surface area (Å²) in [7, 11) is 0. The summed E-state index contributed by atoms with van der Waals surface area (Å²) in [5.74, 6) is 0.876. The van der Waals surface area contributed by atoms with Crippen LogP contribution >= 0.6 is 11.8 Å². The molecule has 1 aromatic rings. The fraction of sp³-hybridized carbons (Fsp3) is 0.500. The van der Waals surface area contributed by atoms with Gasteiger partial charge in [0.25, 0.3) is 0 Å². The Kier molecular flexibility index (Phi) is 4.20. The number of thioether (sulfide) groups is 1. The summed E-state index contributed by atoms with van der Waals surface area (Å²) in [6.07, 6.45) is 3.90. The predicted molar refractivity (Wildman–Crippen MR) is 64.1 cm³/mol. The van der Waals surface area contributed by atoms with E-state index >= 15 is 0 Å². The number of ether oxygens (including phenoxy) is 1. The topological polar surface area (TPSA) is 45.9 Å².